The average Bonchev–Trinajstić information content (AvgIpc) is 2.72. The summed E-state index contributed by atoms with van der Waals surface area (Å²) in [5.74, 6) is 0. The van der Waals surface area contributed by atoms with Crippen LogP contribution in [0.3, 0.4) is 0 Å². The average molecular weight is 267 g/mol. The topological polar surface area (TPSA) is 38.1 Å². The Morgan fingerprint density at radius 3 is 2.87 bits per heavy atom. The molecule has 0 aliphatic carbocycles. The van der Waals surface area contributed by atoms with E-state index in [1.165, 1.54) is 0 Å². The lowest BCUT2D eigenvalue weighted by Crippen LogP contribution is -2.17. The molecule has 0 fully saturated rings. The lowest BCUT2D eigenvalue weighted by molar-refractivity contribution is 0.557. The van der Waals surface area contributed by atoms with Crippen molar-refractivity contribution >= 4 is 15.9 Å². The van der Waals surface area contributed by atoms with E-state index in [4.69, 9.17) is 4.42 Å². The van der Waals surface area contributed by atoms with Gasteiger partial charge in [-0.25, -0.2) is 0 Å². The van der Waals surface area contributed by atoms with Crippen molar-refractivity contribution in [3.05, 3.63) is 52.7 Å². The third-order valence-electron chi connectivity index (χ3n) is 2.22. The van der Waals surface area contributed by atoms with E-state index in [0.717, 1.165) is 15.6 Å². The molecule has 15 heavy (non-hydrogen) atoms. The minimum atomic E-state index is 0.119. The van der Waals surface area contributed by atoms with E-state index in [-0.39, 0.29) is 6.04 Å². The standard InChI is InChI=1S/C11H11BrN2O/c1-13-11(8-2-3-15-7-8)9-4-10(12)6-14-5-9/h2-7,11,13H,1H3. The van der Waals surface area contributed by atoms with Gasteiger partial charge in [0.05, 0.1) is 18.6 Å². The first-order valence-corrected chi connectivity index (χ1v) is 5.40. The Morgan fingerprint density at radius 2 is 2.27 bits per heavy atom. The van der Waals surface area contributed by atoms with Gasteiger partial charge in [-0.3, -0.25) is 4.98 Å². The van der Waals surface area contributed by atoms with Gasteiger partial charge in [-0.2, -0.15) is 0 Å². The second-order valence-electron chi connectivity index (χ2n) is 3.21. The number of hydrogen-bond donors (Lipinski definition) is 1. The Morgan fingerprint density at radius 1 is 1.40 bits per heavy atom. The normalized spacial score (nSPS) is 12.7. The van der Waals surface area contributed by atoms with Gasteiger partial charge in [0, 0.05) is 22.4 Å². The Hall–Kier alpha value is -1.13. The molecule has 1 unspecified atom stereocenters. The molecule has 0 aromatic carbocycles. The van der Waals surface area contributed by atoms with Gasteiger partial charge >= 0.3 is 0 Å². The number of aromatic nitrogens is 1. The van der Waals surface area contributed by atoms with Crippen molar-refractivity contribution in [2.24, 2.45) is 0 Å². The van der Waals surface area contributed by atoms with Gasteiger partial charge in [-0.15, -0.1) is 0 Å². The molecular weight excluding hydrogens is 256 g/mol. The fourth-order valence-electron chi connectivity index (χ4n) is 1.55. The van der Waals surface area contributed by atoms with Crippen LogP contribution in [0.4, 0.5) is 0 Å². The highest BCUT2D eigenvalue weighted by molar-refractivity contribution is 9.10. The number of nitrogens with zero attached hydrogens (tertiary/aromatic N) is 1. The van der Waals surface area contributed by atoms with Crippen LogP contribution in [0.5, 0.6) is 0 Å². The Balaban J connectivity index is 2.35. The first-order valence-electron chi connectivity index (χ1n) is 4.61. The molecule has 78 valence electrons. The largest absolute Gasteiger partial charge is 0.472 e. The zero-order valence-electron chi connectivity index (χ0n) is 8.27. The molecule has 0 amide bonds. The fraction of sp³-hybridized carbons (Fsp3) is 0.182. The fourth-order valence-corrected chi connectivity index (χ4v) is 1.93. The van der Waals surface area contributed by atoms with Crippen LogP contribution >= 0.6 is 15.9 Å². The first-order chi connectivity index (χ1) is 7.31. The molecule has 0 radical (unpaired) electrons. The molecule has 0 saturated heterocycles. The molecule has 2 aromatic heterocycles. The lowest BCUT2D eigenvalue weighted by atomic mass is 10.0. The van der Waals surface area contributed by atoms with Crippen LogP contribution in [0.15, 0.2) is 45.9 Å². The summed E-state index contributed by atoms with van der Waals surface area (Å²) < 4.78 is 6.05. The minimum Gasteiger partial charge on any atom is -0.472 e. The summed E-state index contributed by atoms with van der Waals surface area (Å²) in [5.41, 5.74) is 2.20. The lowest BCUT2D eigenvalue weighted by Gasteiger charge is -2.14. The second-order valence-corrected chi connectivity index (χ2v) is 4.13. The van der Waals surface area contributed by atoms with Gasteiger partial charge in [0.15, 0.2) is 0 Å². The maximum absolute atomic E-state index is 5.08. The van der Waals surface area contributed by atoms with Crippen molar-refractivity contribution in [3.8, 4) is 0 Å². The van der Waals surface area contributed by atoms with Crippen LogP contribution in [-0.2, 0) is 0 Å². The van der Waals surface area contributed by atoms with E-state index < -0.39 is 0 Å². The third-order valence-corrected chi connectivity index (χ3v) is 2.66. The van der Waals surface area contributed by atoms with Crippen LogP contribution in [0.25, 0.3) is 0 Å². The first kappa shape index (κ1) is 10.4. The number of furan rings is 1. The van der Waals surface area contributed by atoms with Gasteiger partial charge < -0.3 is 9.73 Å². The molecule has 0 bridgehead atoms. The molecule has 0 spiro atoms. The van der Waals surface area contributed by atoms with E-state index in [2.05, 4.69) is 26.2 Å². The maximum atomic E-state index is 5.08. The summed E-state index contributed by atoms with van der Waals surface area (Å²) in [4.78, 5) is 4.15. The summed E-state index contributed by atoms with van der Waals surface area (Å²) in [6.45, 7) is 0. The smallest absolute Gasteiger partial charge is 0.0953 e. The van der Waals surface area contributed by atoms with Crippen molar-refractivity contribution in [1.29, 1.82) is 0 Å². The van der Waals surface area contributed by atoms with Gasteiger partial charge in [-0.05, 0) is 40.7 Å². The summed E-state index contributed by atoms with van der Waals surface area (Å²) >= 11 is 3.41. The highest BCUT2D eigenvalue weighted by atomic mass is 79.9. The zero-order chi connectivity index (χ0) is 10.7. The van der Waals surface area contributed by atoms with Gasteiger partial charge in [0.1, 0.15) is 0 Å². The van der Waals surface area contributed by atoms with E-state index >= 15 is 0 Å². The molecule has 1 atom stereocenters. The number of pyridine rings is 1. The molecule has 2 heterocycles. The van der Waals surface area contributed by atoms with Crippen molar-refractivity contribution < 1.29 is 4.42 Å². The molecule has 4 heteroatoms. The van der Waals surface area contributed by atoms with E-state index in [9.17, 15) is 0 Å². The molecule has 2 aromatic rings. The summed E-state index contributed by atoms with van der Waals surface area (Å²) in [6.07, 6.45) is 7.03. The molecular formula is C11H11BrN2O. The van der Waals surface area contributed by atoms with Crippen LogP contribution in [-0.4, -0.2) is 12.0 Å². The van der Waals surface area contributed by atoms with E-state index in [1.54, 1.807) is 18.7 Å². The highest BCUT2D eigenvalue weighted by Gasteiger charge is 2.13. The summed E-state index contributed by atoms with van der Waals surface area (Å²) in [7, 11) is 1.92. The molecule has 0 saturated carbocycles. The highest BCUT2D eigenvalue weighted by Crippen LogP contribution is 2.23. The molecule has 0 aliphatic rings. The molecule has 0 aliphatic heterocycles. The van der Waals surface area contributed by atoms with Gasteiger partial charge in [0.25, 0.3) is 0 Å². The van der Waals surface area contributed by atoms with Crippen molar-refractivity contribution in [2.75, 3.05) is 7.05 Å². The predicted octanol–water partition coefficient (Wildman–Crippen LogP) is 2.75. The van der Waals surface area contributed by atoms with Gasteiger partial charge in [0.2, 0.25) is 0 Å². The minimum absolute atomic E-state index is 0.119. The van der Waals surface area contributed by atoms with Crippen LogP contribution in [0.2, 0.25) is 0 Å². The second kappa shape index (κ2) is 4.59. The predicted molar refractivity (Wildman–Crippen MR) is 61.5 cm³/mol. The third kappa shape index (κ3) is 2.27. The van der Waals surface area contributed by atoms with Crippen LogP contribution in [0.1, 0.15) is 17.2 Å². The quantitative estimate of drug-likeness (QED) is 0.929. The Labute approximate surface area is 96.6 Å². The summed E-state index contributed by atoms with van der Waals surface area (Å²) in [5, 5.41) is 3.23. The maximum Gasteiger partial charge on any atom is 0.0953 e. The molecule has 2 rings (SSSR count). The van der Waals surface area contributed by atoms with Crippen molar-refractivity contribution in [3.63, 3.8) is 0 Å². The zero-order valence-corrected chi connectivity index (χ0v) is 9.86. The number of rotatable bonds is 3. The van der Waals surface area contributed by atoms with Crippen molar-refractivity contribution in [2.45, 2.75) is 6.04 Å². The van der Waals surface area contributed by atoms with Crippen LogP contribution in [0, 0.1) is 0 Å². The monoisotopic (exact) mass is 266 g/mol. The number of halogens is 1. The summed E-state index contributed by atoms with van der Waals surface area (Å²) in [6, 6.07) is 4.11. The van der Waals surface area contributed by atoms with E-state index in [1.807, 2.05) is 25.4 Å². The molecule has 3 nitrogen and oxygen atoms in total. The Kier molecular flexibility index (Phi) is 3.18. The van der Waals surface area contributed by atoms with E-state index in [0.29, 0.717) is 0 Å². The number of hydrogen-bond acceptors (Lipinski definition) is 3. The molecule has 1 N–H and O–H groups in total. The SMILES string of the molecule is CNC(c1ccoc1)c1cncc(Br)c1. The van der Waals surface area contributed by atoms with Crippen LogP contribution < -0.4 is 5.32 Å². The Bertz CT molecular complexity index is 428. The van der Waals surface area contributed by atoms with Gasteiger partial charge in [-0.1, -0.05) is 0 Å². The number of nitrogens with one attached hydrogen (secondary N) is 1. The van der Waals surface area contributed by atoms with Crippen molar-refractivity contribution in [1.82, 2.24) is 10.3 Å².